The number of carbonyl (C=O) groups is 1. The number of fused-ring (bicyclic) bond motifs is 3. The molecule has 0 aliphatic heterocycles. The lowest BCUT2D eigenvalue weighted by Gasteiger charge is -2.47. The van der Waals surface area contributed by atoms with E-state index >= 15 is 0 Å². The molecule has 0 amide bonds. The summed E-state index contributed by atoms with van der Waals surface area (Å²) >= 11 is 3.64. The van der Waals surface area contributed by atoms with E-state index in [1.54, 1.807) is 13.4 Å². The van der Waals surface area contributed by atoms with Crippen LogP contribution in [-0.4, -0.2) is 22.7 Å². The van der Waals surface area contributed by atoms with Gasteiger partial charge in [0.1, 0.15) is 4.60 Å². The van der Waals surface area contributed by atoms with Crippen molar-refractivity contribution in [3.8, 4) is 0 Å². The van der Waals surface area contributed by atoms with Crippen LogP contribution >= 0.6 is 15.9 Å². The van der Waals surface area contributed by atoms with Crippen molar-refractivity contribution in [2.24, 2.45) is 18.9 Å². The molecule has 0 radical (unpaired) electrons. The number of rotatable bonds is 1. The Bertz CT molecular complexity index is 634. The average Bonchev–Trinajstić information content (AvgIpc) is 2.74. The molecule has 2 aliphatic carbocycles. The van der Waals surface area contributed by atoms with Gasteiger partial charge in [-0.1, -0.05) is 13.8 Å². The number of Topliss-reactive ketones (excluding diaryl/α,β-unsaturated/α-hetero) is 1. The van der Waals surface area contributed by atoms with Crippen molar-refractivity contribution in [3.05, 3.63) is 27.7 Å². The monoisotopic (exact) mass is 352 g/mol. The smallest absolute Gasteiger partial charge is 0.165 e. The fourth-order valence-corrected chi connectivity index (χ4v) is 4.70. The number of aromatic nitrogens is 2. The van der Waals surface area contributed by atoms with Crippen molar-refractivity contribution in [1.29, 1.82) is 0 Å². The standard InChI is InChI=1S/C16H21BrN2O2/c1-9-12-6-5-11-14(18-19(3)15(11)17)16(12,2)7-10(8-21-4)13(9)20/h8-9,12H,5-7H2,1-4H3/b10-8-/t9-,12-,16-/m0/s1. The van der Waals surface area contributed by atoms with Gasteiger partial charge in [0.15, 0.2) is 5.78 Å². The van der Waals surface area contributed by atoms with E-state index in [-0.39, 0.29) is 17.1 Å². The summed E-state index contributed by atoms with van der Waals surface area (Å²) in [7, 11) is 3.56. The third-order valence-corrected chi connectivity index (χ3v) is 6.28. The summed E-state index contributed by atoms with van der Waals surface area (Å²) in [6.45, 7) is 4.30. The summed E-state index contributed by atoms with van der Waals surface area (Å²) in [5, 5.41) is 4.75. The first-order valence-electron chi connectivity index (χ1n) is 7.38. The molecule has 5 heteroatoms. The quantitative estimate of drug-likeness (QED) is 0.576. The largest absolute Gasteiger partial charge is 0.504 e. The highest BCUT2D eigenvalue weighted by atomic mass is 79.9. The van der Waals surface area contributed by atoms with Gasteiger partial charge in [0.2, 0.25) is 0 Å². The number of ether oxygens (including phenoxy) is 1. The van der Waals surface area contributed by atoms with Crippen LogP contribution in [-0.2, 0) is 28.4 Å². The molecule has 1 aromatic rings. The van der Waals surface area contributed by atoms with Crippen molar-refractivity contribution < 1.29 is 9.53 Å². The lowest BCUT2D eigenvalue weighted by molar-refractivity contribution is -0.124. The highest BCUT2D eigenvalue weighted by molar-refractivity contribution is 9.10. The molecule has 2 aliphatic rings. The predicted molar refractivity (Wildman–Crippen MR) is 84.0 cm³/mol. The predicted octanol–water partition coefficient (Wildman–Crippen LogP) is 3.14. The summed E-state index contributed by atoms with van der Waals surface area (Å²) in [4.78, 5) is 12.5. The second-order valence-corrected chi connectivity index (χ2v) is 7.26. The topological polar surface area (TPSA) is 44.1 Å². The van der Waals surface area contributed by atoms with Gasteiger partial charge in [-0.3, -0.25) is 9.48 Å². The van der Waals surface area contributed by atoms with Gasteiger partial charge in [-0.2, -0.15) is 5.10 Å². The Kier molecular flexibility index (Phi) is 3.51. The Labute approximate surface area is 133 Å². The zero-order valence-corrected chi connectivity index (χ0v) is 14.5. The zero-order chi connectivity index (χ0) is 15.4. The highest BCUT2D eigenvalue weighted by Gasteiger charge is 2.51. The van der Waals surface area contributed by atoms with Crippen LogP contribution in [0.2, 0.25) is 0 Å². The minimum atomic E-state index is -0.0882. The van der Waals surface area contributed by atoms with Crippen LogP contribution in [0.15, 0.2) is 16.4 Å². The number of aryl methyl sites for hydroxylation is 1. The molecular formula is C16H21BrN2O2. The first kappa shape index (κ1) is 14.8. The molecule has 1 fully saturated rings. The molecule has 0 N–H and O–H groups in total. The summed E-state index contributed by atoms with van der Waals surface area (Å²) in [5.41, 5.74) is 3.15. The van der Waals surface area contributed by atoms with Crippen molar-refractivity contribution >= 4 is 21.7 Å². The lowest BCUT2D eigenvalue weighted by atomic mass is 9.55. The maximum atomic E-state index is 12.5. The molecule has 3 rings (SSSR count). The molecule has 114 valence electrons. The number of hydrogen-bond acceptors (Lipinski definition) is 3. The molecule has 0 saturated heterocycles. The van der Waals surface area contributed by atoms with Gasteiger partial charge < -0.3 is 4.74 Å². The van der Waals surface area contributed by atoms with Crippen LogP contribution in [0.4, 0.5) is 0 Å². The molecule has 4 nitrogen and oxygen atoms in total. The van der Waals surface area contributed by atoms with Crippen molar-refractivity contribution in [1.82, 2.24) is 9.78 Å². The molecule has 3 atom stereocenters. The maximum Gasteiger partial charge on any atom is 0.165 e. The van der Waals surface area contributed by atoms with Crippen LogP contribution in [0.1, 0.15) is 37.9 Å². The first-order chi connectivity index (χ1) is 9.90. The Balaban J connectivity index is 2.13. The summed E-state index contributed by atoms with van der Waals surface area (Å²) < 4.78 is 8.09. The number of nitrogens with zero attached hydrogens (tertiary/aromatic N) is 2. The third kappa shape index (κ3) is 2.00. The number of ketones is 1. The Morgan fingerprint density at radius 2 is 2.24 bits per heavy atom. The zero-order valence-electron chi connectivity index (χ0n) is 12.9. The molecule has 0 unspecified atom stereocenters. The number of methoxy groups -OCH3 is 1. The number of halogens is 1. The molecule has 1 heterocycles. The van der Waals surface area contributed by atoms with Gasteiger partial charge in [0.25, 0.3) is 0 Å². The minimum absolute atomic E-state index is 0.0269. The summed E-state index contributed by atoms with van der Waals surface area (Å²) in [5.74, 6) is 0.616. The third-order valence-electron chi connectivity index (χ3n) is 5.29. The fourth-order valence-electron chi connectivity index (χ4n) is 4.24. The number of carbonyl (C=O) groups excluding carboxylic acids is 1. The fraction of sp³-hybridized carbons (Fsp3) is 0.625. The average molecular weight is 353 g/mol. The molecule has 0 spiro atoms. The van der Waals surface area contributed by atoms with E-state index < -0.39 is 0 Å². The lowest BCUT2D eigenvalue weighted by Crippen LogP contribution is -2.47. The summed E-state index contributed by atoms with van der Waals surface area (Å²) in [6, 6.07) is 0. The van der Waals surface area contributed by atoms with E-state index in [0.29, 0.717) is 12.3 Å². The second-order valence-electron chi connectivity index (χ2n) is 6.51. The Hall–Kier alpha value is -1.10. The van der Waals surface area contributed by atoms with E-state index in [4.69, 9.17) is 9.84 Å². The van der Waals surface area contributed by atoms with Crippen molar-refractivity contribution in [3.63, 3.8) is 0 Å². The Morgan fingerprint density at radius 1 is 1.52 bits per heavy atom. The molecular weight excluding hydrogens is 332 g/mol. The van der Waals surface area contributed by atoms with Crippen LogP contribution in [0.5, 0.6) is 0 Å². The van der Waals surface area contributed by atoms with Gasteiger partial charge in [-0.25, -0.2) is 0 Å². The van der Waals surface area contributed by atoms with Crippen LogP contribution in [0.25, 0.3) is 0 Å². The number of allylic oxidation sites excluding steroid dienone is 1. The SMILES string of the molecule is CO/C=C1/C[C@]2(C)c3nn(C)c(Br)c3CC[C@H]2[C@H](C)C1=O. The van der Waals surface area contributed by atoms with Gasteiger partial charge in [0.05, 0.1) is 19.1 Å². The molecule has 0 bridgehead atoms. The van der Waals surface area contributed by atoms with Gasteiger partial charge in [-0.05, 0) is 41.1 Å². The van der Waals surface area contributed by atoms with Crippen LogP contribution in [0.3, 0.4) is 0 Å². The number of hydrogen-bond donors (Lipinski definition) is 0. The van der Waals surface area contributed by atoms with Gasteiger partial charge in [-0.15, -0.1) is 0 Å². The van der Waals surface area contributed by atoms with Crippen LogP contribution < -0.4 is 0 Å². The second kappa shape index (κ2) is 4.97. The van der Waals surface area contributed by atoms with Gasteiger partial charge >= 0.3 is 0 Å². The minimum Gasteiger partial charge on any atom is -0.504 e. The molecule has 1 aromatic heterocycles. The molecule has 21 heavy (non-hydrogen) atoms. The van der Waals surface area contributed by atoms with E-state index in [9.17, 15) is 4.79 Å². The molecule has 0 aromatic carbocycles. The van der Waals surface area contributed by atoms with Crippen molar-refractivity contribution in [2.75, 3.05) is 7.11 Å². The van der Waals surface area contributed by atoms with Crippen LogP contribution in [0, 0.1) is 11.8 Å². The van der Waals surface area contributed by atoms with E-state index in [1.807, 2.05) is 11.7 Å². The van der Waals surface area contributed by atoms with Crippen molar-refractivity contribution in [2.45, 2.75) is 38.5 Å². The normalized spacial score (nSPS) is 33.8. The first-order valence-corrected chi connectivity index (χ1v) is 8.17. The molecule has 1 saturated carbocycles. The van der Waals surface area contributed by atoms with Gasteiger partial charge in [0, 0.05) is 29.5 Å². The highest BCUT2D eigenvalue weighted by Crippen LogP contribution is 2.52. The van der Waals surface area contributed by atoms with E-state index in [2.05, 4.69) is 29.8 Å². The maximum absolute atomic E-state index is 12.5. The Morgan fingerprint density at radius 3 is 2.90 bits per heavy atom. The van der Waals surface area contributed by atoms with E-state index in [0.717, 1.165) is 28.7 Å². The van der Waals surface area contributed by atoms with E-state index in [1.165, 1.54) is 5.56 Å². The summed E-state index contributed by atoms with van der Waals surface area (Å²) in [6.07, 6.45) is 4.36.